The lowest BCUT2D eigenvalue weighted by Crippen LogP contribution is -1.97. The molecule has 0 aliphatic rings. The van der Waals surface area contributed by atoms with Crippen molar-refractivity contribution in [3.63, 3.8) is 0 Å². The minimum absolute atomic E-state index is 0.00324. The number of aliphatic hydroxyl groups excluding tert-OH is 2. The van der Waals surface area contributed by atoms with Crippen LogP contribution in [0.15, 0.2) is 12.3 Å². The fourth-order valence-corrected chi connectivity index (χ4v) is 0.972. The molecule has 0 aliphatic heterocycles. The topological polar surface area (TPSA) is 45.4 Å². The molecule has 3 heteroatoms. The van der Waals surface area contributed by atoms with Gasteiger partial charge in [0.05, 0.1) is 13.2 Å². The Kier molecular flexibility index (Phi) is 2.09. The second-order valence-corrected chi connectivity index (χ2v) is 2.21. The summed E-state index contributed by atoms with van der Waals surface area (Å²) >= 11 is 0. The average molecular weight is 141 g/mol. The van der Waals surface area contributed by atoms with Gasteiger partial charge < -0.3 is 14.8 Å². The molecule has 1 heterocycles. The van der Waals surface area contributed by atoms with Crippen LogP contribution in [0.2, 0.25) is 0 Å². The van der Waals surface area contributed by atoms with E-state index in [0.717, 1.165) is 11.3 Å². The van der Waals surface area contributed by atoms with Crippen LogP contribution in [0.3, 0.4) is 0 Å². The monoisotopic (exact) mass is 141 g/mol. The zero-order chi connectivity index (χ0) is 7.56. The van der Waals surface area contributed by atoms with Gasteiger partial charge in [0, 0.05) is 24.5 Å². The molecule has 0 saturated carbocycles. The molecule has 0 atom stereocenters. The Morgan fingerprint density at radius 2 is 2.10 bits per heavy atom. The predicted molar refractivity (Wildman–Crippen MR) is 37.3 cm³/mol. The van der Waals surface area contributed by atoms with E-state index in [1.54, 1.807) is 10.6 Å². The molecule has 2 N–H and O–H groups in total. The largest absolute Gasteiger partial charge is 0.392 e. The van der Waals surface area contributed by atoms with Gasteiger partial charge in [-0.1, -0.05) is 0 Å². The molecule has 1 aromatic rings. The van der Waals surface area contributed by atoms with Crippen LogP contribution in [-0.4, -0.2) is 14.8 Å². The van der Waals surface area contributed by atoms with Crippen LogP contribution in [0.4, 0.5) is 0 Å². The quantitative estimate of drug-likeness (QED) is 0.609. The summed E-state index contributed by atoms with van der Waals surface area (Å²) in [6.07, 6.45) is 1.82. The number of aliphatic hydroxyl groups is 2. The van der Waals surface area contributed by atoms with E-state index in [1.807, 2.05) is 13.2 Å². The summed E-state index contributed by atoms with van der Waals surface area (Å²) in [7, 11) is 1.84. The number of aryl methyl sites for hydroxylation is 1. The molecule has 0 unspecified atom stereocenters. The van der Waals surface area contributed by atoms with Crippen LogP contribution >= 0.6 is 0 Å². The van der Waals surface area contributed by atoms with Gasteiger partial charge in [0.2, 0.25) is 0 Å². The number of aromatic nitrogens is 1. The lowest BCUT2D eigenvalue weighted by atomic mass is 10.2. The summed E-state index contributed by atoms with van der Waals surface area (Å²) in [6, 6.07) is 1.80. The van der Waals surface area contributed by atoms with Crippen molar-refractivity contribution in [1.82, 2.24) is 4.57 Å². The average Bonchev–Trinajstić information content (AvgIpc) is 2.30. The van der Waals surface area contributed by atoms with E-state index in [-0.39, 0.29) is 13.2 Å². The van der Waals surface area contributed by atoms with E-state index < -0.39 is 0 Å². The van der Waals surface area contributed by atoms with Crippen molar-refractivity contribution in [3.8, 4) is 0 Å². The first-order chi connectivity index (χ1) is 4.79. The first-order valence-corrected chi connectivity index (χ1v) is 3.14. The van der Waals surface area contributed by atoms with Crippen LogP contribution in [0.25, 0.3) is 0 Å². The van der Waals surface area contributed by atoms with E-state index in [1.165, 1.54) is 0 Å². The van der Waals surface area contributed by atoms with Crippen molar-refractivity contribution >= 4 is 0 Å². The third-order valence-electron chi connectivity index (χ3n) is 1.62. The maximum atomic E-state index is 8.79. The number of hydrogen-bond acceptors (Lipinski definition) is 2. The van der Waals surface area contributed by atoms with E-state index in [2.05, 4.69) is 0 Å². The van der Waals surface area contributed by atoms with Crippen LogP contribution in [0.1, 0.15) is 11.3 Å². The van der Waals surface area contributed by atoms with Crippen molar-refractivity contribution < 1.29 is 10.2 Å². The number of nitrogens with zero attached hydrogens (tertiary/aromatic N) is 1. The Balaban J connectivity index is 3.01. The fourth-order valence-electron chi connectivity index (χ4n) is 0.972. The Hall–Kier alpha value is -0.800. The van der Waals surface area contributed by atoms with Gasteiger partial charge in [-0.3, -0.25) is 0 Å². The highest BCUT2D eigenvalue weighted by molar-refractivity contribution is 5.20. The molecular formula is C7H11NO2. The molecule has 0 fully saturated rings. The zero-order valence-corrected chi connectivity index (χ0v) is 5.91. The summed E-state index contributed by atoms with van der Waals surface area (Å²) in [4.78, 5) is 0. The predicted octanol–water partition coefficient (Wildman–Crippen LogP) is 0.00970. The molecule has 0 amide bonds. The highest BCUT2D eigenvalue weighted by Gasteiger charge is 2.02. The van der Waals surface area contributed by atoms with Gasteiger partial charge in [-0.05, 0) is 6.07 Å². The van der Waals surface area contributed by atoms with Crippen molar-refractivity contribution in [2.75, 3.05) is 0 Å². The smallest absolute Gasteiger partial charge is 0.0836 e. The normalized spacial score (nSPS) is 10.3. The second-order valence-electron chi connectivity index (χ2n) is 2.21. The Labute approximate surface area is 59.5 Å². The van der Waals surface area contributed by atoms with E-state index in [0.29, 0.717) is 0 Å². The summed E-state index contributed by atoms with van der Waals surface area (Å²) in [5, 5.41) is 17.5. The van der Waals surface area contributed by atoms with Gasteiger partial charge in [0.25, 0.3) is 0 Å². The first-order valence-electron chi connectivity index (χ1n) is 3.14. The highest BCUT2D eigenvalue weighted by Crippen LogP contribution is 2.08. The van der Waals surface area contributed by atoms with Crippen molar-refractivity contribution in [3.05, 3.63) is 23.5 Å². The fraction of sp³-hybridized carbons (Fsp3) is 0.429. The van der Waals surface area contributed by atoms with E-state index in [9.17, 15) is 0 Å². The second kappa shape index (κ2) is 2.86. The van der Waals surface area contributed by atoms with Gasteiger partial charge in [-0.15, -0.1) is 0 Å². The lowest BCUT2D eigenvalue weighted by Gasteiger charge is -2.00. The van der Waals surface area contributed by atoms with E-state index in [4.69, 9.17) is 10.2 Å². The third-order valence-corrected chi connectivity index (χ3v) is 1.62. The highest BCUT2D eigenvalue weighted by atomic mass is 16.3. The summed E-state index contributed by atoms with van der Waals surface area (Å²) in [5.41, 5.74) is 1.58. The molecule has 56 valence electrons. The maximum Gasteiger partial charge on any atom is 0.0836 e. The third kappa shape index (κ3) is 1.05. The van der Waals surface area contributed by atoms with Gasteiger partial charge in [0.1, 0.15) is 0 Å². The molecule has 0 aliphatic carbocycles. The molecule has 1 aromatic heterocycles. The molecular weight excluding hydrogens is 130 g/mol. The Morgan fingerprint density at radius 3 is 2.50 bits per heavy atom. The molecule has 3 nitrogen and oxygen atoms in total. The van der Waals surface area contributed by atoms with Crippen LogP contribution in [0, 0.1) is 0 Å². The van der Waals surface area contributed by atoms with Crippen LogP contribution in [0.5, 0.6) is 0 Å². The minimum Gasteiger partial charge on any atom is -0.392 e. The van der Waals surface area contributed by atoms with Crippen molar-refractivity contribution in [2.45, 2.75) is 13.2 Å². The molecule has 0 radical (unpaired) electrons. The minimum atomic E-state index is -0.0145. The number of rotatable bonds is 2. The SMILES string of the molecule is Cn1ccc(CO)c1CO. The van der Waals surface area contributed by atoms with E-state index >= 15 is 0 Å². The maximum absolute atomic E-state index is 8.79. The molecule has 10 heavy (non-hydrogen) atoms. The van der Waals surface area contributed by atoms with Crippen LogP contribution < -0.4 is 0 Å². The lowest BCUT2D eigenvalue weighted by molar-refractivity contribution is 0.254. The van der Waals surface area contributed by atoms with Gasteiger partial charge in [0.15, 0.2) is 0 Å². The van der Waals surface area contributed by atoms with Gasteiger partial charge >= 0.3 is 0 Å². The molecule has 0 aromatic carbocycles. The summed E-state index contributed by atoms with van der Waals surface area (Å²) < 4.78 is 1.80. The first kappa shape index (κ1) is 7.31. The summed E-state index contributed by atoms with van der Waals surface area (Å²) in [5.74, 6) is 0. The Morgan fingerprint density at radius 1 is 1.40 bits per heavy atom. The van der Waals surface area contributed by atoms with Crippen molar-refractivity contribution in [2.24, 2.45) is 7.05 Å². The number of hydrogen-bond donors (Lipinski definition) is 2. The Bertz CT molecular complexity index is 217. The standard InChI is InChI=1S/C7H11NO2/c1-8-3-2-6(4-9)7(8)5-10/h2-3,9-10H,4-5H2,1H3. The molecule has 0 spiro atoms. The van der Waals surface area contributed by atoms with Crippen LogP contribution in [-0.2, 0) is 20.3 Å². The molecule has 1 rings (SSSR count). The summed E-state index contributed by atoms with van der Waals surface area (Å²) in [6.45, 7) is -0.0177. The van der Waals surface area contributed by atoms with Crippen molar-refractivity contribution in [1.29, 1.82) is 0 Å². The zero-order valence-electron chi connectivity index (χ0n) is 5.91. The molecule has 0 saturated heterocycles. The van der Waals surface area contributed by atoms with Gasteiger partial charge in [-0.25, -0.2) is 0 Å². The molecule has 0 bridgehead atoms. The van der Waals surface area contributed by atoms with Gasteiger partial charge in [-0.2, -0.15) is 0 Å².